The van der Waals surface area contributed by atoms with E-state index in [0.717, 1.165) is 0 Å². The molecule has 0 spiro atoms. The summed E-state index contributed by atoms with van der Waals surface area (Å²) in [6, 6.07) is 0.180. The van der Waals surface area contributed by atoms with E-state index in [-0.39, 0.29) is 24.0 Å². The molecular formula is C9H21N3O. The molecule has 0 heterocycles. The molecule has 0 saturated carbocycles. The van der Waals surface area contributed by atoms with Gasteiger partial charge in [0.25, 0.3) is 0 Å². The molecule has 78 valence electrons. The third-order valence-corrected chi connectivity index (χ3v) is 2.52. The van der Waals surface area contributed by atoms with Crippen LogP contribution in [0.5, 0.6) is 0 Å². The second-order valence-electron chi connectivity index (χ2n) is 4.16. The second kappa shape index (κ2) is 4.58. The molecule has 0 aliphatic heterocycles. The van der Waals surface area contributed by atoms with Crippen molar-refractivity contribution in [2.45, 2.75) is 38.8 Å². The van der Waals surface area contributed by atoms with E-state index in [4.69, 9.17) is 16.2 Å². The van der Waals surface area contributed by atoms with Crippen LogP contribution in [-0.2, 0) is 0 Å². The van der Waals surface area contributed by atoms with Gasteiger partial charge in [-0.05, 0) is 27.8 Å². The highest BCUT2D eigenvalue weighted by Crippen LogP contribution is 2.15. The van der Waals surface area contributed by atoms with Crippen LogP contribution in [0.2, 0.25) is 0 Å². The van der Waals surface area contributed by atoms with Crippen LogP contribution in [-0.4, -0.2) is 41.1 Å². The Morgan fingerprint density at radius 2 is 2.08 bits per heavy atom. The highest BCUT2D eigenvalue weighted by atomic mass is 16.3. The molecule has 0 aromatic heterocycles. The molecule has 0 aliphatic rings. The summed E-state index contributed by atoms with van der Waals surface area (Å²) in [4.78, 5) is 2.04. The SMILES string of the molecule is CC(CC(=N)N)N(C)C(C)(C)CO. The summed E-state index contributed by atoms with van der Waals surface area (Å²) in [6.45, 7) is 6.03. The first-order valence-corrected chi connectivity index (χ1v) is 4.48. The molecule has 13 heavy (non-hydrogen) atoms. The fraction of sp³-hybridized carbons (Fsp3) is 0.889. The van der Waals surface area contributed by atoms with Crippen molar-refractivity contribution in [3.8, 4) is 0 Å². The lowest BCUT2D eigenvalue weighted by molar-refractivity contribution is 0.0527. The number of nitrogens with zero attached hydrogens (tertiary/aromatic N) is 1. The predicted octanol–water partition coefficient (Wildman–Crippen LogP) is 0.404. The lowest BCUT2D eigenvalue weighted by atomic mass is 10.0. The van der Waals surface area contributed by atoms with Crippen LogP contribution in [0.4, 0.5) is 0 Å². The summed E-state index contributed by atoms with van der Waals surface area (Å²) in [6.07, 6.45) is 0.542. The van der Waals surface area contributed by atoms with E-state index in [1.54, 1.807) is 0 Å². The molecule has 0 amide bonds. The quantitative estimate of drug-likeness (QED) is 0.431. The van der Waals surface area contributed by atoms with E-state index in [2.05, 4.69) is 0 Å². The molecule has 0 aromatic rings. The standard InChI is InChI=1S/C9H21N3O/c1-7(5-8(10)11)12(4)9(2,3)6-13/h7,13H,5-6H2,1-4H3,(H3,10,11). The van der Waals surface area contributed by atoms with Crippen LogP contribution in [0.3, 0.4) is 0 Å². The minimum Gasteiger partial charge on any atom is -0.394 e. The van der Waals surface area contributed by atoms with Gasteiger partial charge in [0.2, 0.25) is 0 Å². The number of nitrogens with two attached hydrogens (primary N) is 1. The maximum absolute atomic E-state index is 9.12. The van der Waals surface area contributed by atoms with Gasteiger partial charge in [0.15, 0.2) is 0 Å². The number of aliphatic hydroxyl groups excluding tert-OH is 1. The van der Waals surface area contributed by atoms with Gasteiger partial charge in [-0.1, -0.05) is 0 Å². The van der Waals surface area contributed by atoms with Crippen molar-refractivity contribution >= 4 is 5.84 Å². The number of likely N-dealkylation sites (N-methyl/N-ethyl adjacent to an activating group) is 1. The summed E-state index contributed by atoms with van der Waals surface area (Å²) in [5, 5.41) is 16.3. The molecule has 4 heteroatoms. The Hall–Kier alpha value is -0.610. The molecule has 1 atom stereocenters. The molecule has 0 aliphatic carbocycles. The summed E-state index contributed by atoms with van der Waals surface area (Å²) >= 11 is 0. The fourth-order valence-electron chi connectivity index (χ4n) is 1.16. The highest BCUT2D eigenvalue weighted by molar-refractivity contribution is 5.77. The Balaban J connectivity index is 4.24. The van der Waals surface area contributed by atoms with Crippen molar-refractivity contribution in [3.63, 3.8) is 0 Å². The topological polar surface area (TPSA) is 73.3 Å². The van der Waals surface area contributed by atoms with Crippen LogP contribution in [0.15, 0.2) is 0 Å². The van der Waals surface area contributed by atoms with Gasteiger partial charge in [0.05, 0.1) is 12.4 Å². The monoisotopic (exact) mass is 187 g/mol. The Bertz CT molecular complexity index is 180. The van der Waals surface area contributed by atoms with Crippen molar-refractivity contribution in [1.82, 2.24) is 4.90 Å². The Labute approximate surface area is 80.2 Å². The lowest BCUT2D eigenvalue weighted by Gasteiger charge is -2.38. The number of amidine groups is 1. The van der Waals surface area contributed by atoms with E-state index in [0.29, 0.717) is 6.42 Å². The van der Waals surface area contributed by atoms with Gasteiger partial charge in [-0.2, -0.15) is 0 Å². The molecule has 0 saturated heterocycles. The van der Waals surface area contributed by atoms with Crippen molar-refractivity contribution in [3.05, 3.63) is 0 Å². The van der Waals surface area contributed by atoms with Gasteiger partial charge in [0.1, 0.15) is 0 Å². The lowest BCUT2D eigenvalue weighted by Crippen LogP contribution is -2.49. The Morgan fingerprint density at radius 3 is 2.38 bits per heavy atom. The zero-order valence-corrected chi connectivity index (χ0v) is 8.96. The molecule has 4 nitrogen and oxygen atoms in total. The first-order valence-electron chi connectivity index (χ1n) is 4.48. The zero-order chi connectivity index (χ0) is 10.6. The molecule has 0 radical (unpaired) electrons. The van der Waals surface area contributed by atoms with E-state index in [1.807, 2.05) is 32.7 Å². The average Bonchev–Trinajstić information content (AvgIpc) is 2.01. The van der Waals surface area contributed by atoms with E-state index in [1.165, 1.54) is 0 Å². The Kier molecular flexibility index (Phi) is 4.36. The van der Waals surface area contributed by atoms with E-state index in [9.17, 15) is 0 Å². The number of rotatable bonds is 5. The molecule has 1 unspecified atom stereocenters. The number of nitrogens with one attached hydrogen (secondary N) is 1. The van der Waals surface area contributed by atoms with Crippen molar-refractivity contribution in [2.75, 3.05) is 13.7 Å². The van der Waals surface area contributed by atoms with Crippen LogP contribution in [0, 0.1) is 5.41 Å². The average molecular weight is 187 g/mol. The maximum Gasteiger partial charge on any atom is 0.0920 e. The minimum atomic E-state index is -0.255. The van der Waals surface area contributed by atoms with Crippen molar-refractivity contribution in [2.24, 2.45) is 5.73 Å². The van der Waals surface area contributed by atoms with Gasteiger partial charge in [0, 0.05) is 18.0 Å². The fourth-order valence-corrected chi connectivity index (χ4v) is 1.16. The summed E-state index contributed by atoms with van der Waals surface area (Å²) < 4.78 is 0. The second-order valence-corrected chi connectivity index (χ2v) is 4.16. The minimum absolute atomic E-state index is 0.103. The zero-order valence-electron chi connectivity index (χ0n) is 8.96. The molecular weight excluding hydrogens is 166 g/mol. The molecule has 0 bridgehead atoms. The smallest absolute Gasteiger partial charge is 0.0920 e. The Morgan fingerprint density at radius 1 is 1.62 bits per heavy atom. The van der Waals surface area contributed by atoms with Gasteiger partial charge in [-0.3, -0.25) is 10.3 Å². The number of hydrogen-bond acceptors (Lipinski definition) is 3. The van der Waals surface area contributed by atoms with Crippen LogP contribution < -0.4 is 5.73 Å². The summed E-state index contributed by atoms with van der Waals surface area (Å²) in [5.41, 5.74) is 5.05. The molecule has 4 N–H and O–H groups in total. The van der Waals surface area contributed by atoms with Gasteiger partial charge >= 0.3 is 0 Å². The largest absolute Gasteiger partial charge is 0.394 e. The van der Waals surface area contributed by atoms with Crippen LogP contribution in [0.25, 0.3) is 0 Å². The first-order chi connectivity index (χ1) is 5.81. The maximum atomic E-state index is 9.12. The van der Waals surface area contributed by atoms with Crippen molar-refractivity contribution in [1.29, 1.82) is 5.41 Å². The van der Waals surface area contributed by atoms with Gasteiger partial charge in [-0.25, -0.2) is 0 Å². The number of aliphatic hydroxyl groups is 1. The predicted molar refractivity (Wildman–Crippen MR) is 54.9 cm³/mol. The normalized spacial score (nSPS) is 14.6. The van der Waals surface area contributed by atoms with E-state index < -0.39 is 0 Å². The first kappa shape index (κ1) is 12.4. The third kappa shape index (κ3) is 3.74. The van der Waals surface area contributed by atoms with Crippen LogP contribution >= 0.6 is 0 Å². The molecule has 0 aromatic carbocycles. The van der Waals surface area contributed by atoms with Crippen molar-refractivity contribution < 1.29 is 5.11 Å². The van der Waals surface area contributed by atoms with Gasteiger partial charge < -0.3 is 10.8 Å². The molecule has 0 rings (SSSR count). The number of hydrogen-bond donors (Lipinski definition) is 3. The third-order valence-electron chi connectivity index (χ3n) is 2.52. The van der Waals surface area contributed by atoms with Crippen LogP contribution in [0.1, 0.15) is 27.2 Å². The van der Waals surface area contributed by atoms with Gasteiger partial charge in [-0.15, -0.1) is 0 Å². The molecule has 0 fully saturated rings. The summed E-state index contributed by atoms with van der Waals surface area (Å²) in [5.74, 6) is 0.188. The highest BCUT2D eigenvalue weighted by Gasteiger charge is 2.26. The summed E-state index contributed by atoms with van der Waals surface area (Å²) in [7, 11) is 1.93. The van der Waals surface area contributed by atoms with E-state index >= 15 is 0 Å².